The number of piperidine rings is 1. The first-order chi connectivity index (χ1) is 12.4. The predicted octanol–water partition coefficient (Wildman–Crippen LogP) is 1.62. The van der Waals surface area contributed by atoms with Gasteiger partial charge in [-0.2, -0.15) is 8.78 Å². The Morgan fingerprint density at radius 3 is 2.50 bits per heavy atom. The van der Waals surface area contributed by atoms with E-state index in [2.05, 4.69) is 10.1 Å². The molecule has 1 aromatic rings. The van der Waals surface area contributed by atoms with Gasteiger partial charge in [0, 0.05) is 12.2 Å². The number of carbonyl (C=O) groups is 3. The number of hydrogen-bond donors (Lipinski definition) is 2. The number of carboxylic acid groups (broad SMARTS) is 1. The summed E-state index contributed by atoms with van der Waals surface area (Å²) < 4.78 is 28.7. The molecule has 9 heteroatoms. The molecule has 2 N–H and O–H groups in total. The van der Waals surface area contributed by atoms with Crippen LogP contribution in [0.5, 0.6) is 5.75 Å². The molecule has 3 rings (SSSR count). The molecule has 140 valence electrons. The third-order valence-corrected chi connectivity index (χ3v) is 4.57. The molecule has 1 saturated carbocycles. The number of aliphatic carboxylic acids is 1. The molecule has 3 atom stereocenters. The van der Waals surface area contributed by atoms with E-state index in [-0.39, 0.29) is 18.1 Å². The highest BCUT2D eigenvalue weighted by molar-refractivity contribution is 6.01. The number of rotatable bonds is 6. The van der Waals surface area contributed by atoms with E-state index in [0.29, 0.717) is 25.1 Å². The number of benzene rings is 1. The Hall–Kier alpha value is -2.71. The molecule has 2 fully saturated rings. The molecule has 0 bridgehead atoms. The van der Waals surface area contributed by atoms with Gasteiger partial charge in [0.05, 0.1) is 11.8 Å². The van der Waals surface area contributed by atoms with Gasteiger partial charge in [0.15, 0.2) is 0 Å². The lowest BCUT2D eigenvalue weighted by Crippen LogP contribution is -2.53. The van der Waals surface area contributed by atoms with Crippen LogP contribution in [0.2, 0.25) is 0 Å². The monoisotopic (exact) mass is 368 g/mol. The lowest BCUT2D eigenvalue weighted by molar-refractivity contribution is -0.140. The van der Waals surface area contributed by atoms with Crippen molar-refractivity contribution >= 4 is 23.5 Å². The number of hydrogen-bond acceptors (Lipinski definition) is 4. The Labute approximate surface area is 147 Å². The minimum absolute atomic E-state index is 0.00786. The first-order valence-corrected chi connectivity index (χ1v) is 8.26. The van der Waals surface area contributed by atoms with Crippen LogP contribution < -0.4 is 15.0 Å². The molecule has 1 aromatic carbocycles. The number of carboxylic acids is 1. The van der Waals surface area contributed by atoms with Crippen molar-refractivity contribution in [2.75, 3.05) is 11.4 Å². The maximum Gasteiger partial charge on any atom is 0.387 e. The zero-order valence-corrected chi connectivity index (χ0v) is 13.7. The molecule has 1 aliphatic carbocycles. The lowest BCUT2D eigenvalue weighted by Gasteiger charge is -2.32. The van der Waals surface area contributed by atoms with Crippen molar-refractivity contribution in [3.8, 4) is 5.75 Å². The van der Waals surface area contributed by atoms with Gasteiger partial charge in [-0.05, 0) is 43.5 Å². The quantitative estimate of drug-likeness (QED) is 0.796. The van der Waals surface area contributed by atoms with Crippen LogP contribution in [0, 0.1) is 11.8 Å². The minimum Gasteiger partial charge on any atom is -0.481 e. The SMILES string of the molecule is O=C(O)C1CC1C(=O)NC1CCCN(c2ccc(OC(F)F)cc2)C1=O. The van der Waals surface area contributed by atoms with E-state index in [1.54, 1.807) is 0 Å². The number of amides is 2. The van der Waals surface area contributed by atoms with Crippen molar-refractivity contribution in [2.24, 2.45) is 11.8 Å². The normalized spacial score (nSPS) is 25.1. The fraction of sp³-hybridized carbons (Fsp3) is 0.471. The van der Waals surface area contributed by atoms with E-state index < -0.39 is 36.4 Å². The average molecular weight is 368 g/mol. The van der Waals surface area contributed by atoms with E-state index in [1.807, 2.05) is 0 Å². The van der Waals surface area contributed by atoms with Crippen molar-refractivity contribution in [1.82, 2.24) is 5.32 Å². The van der Waals surface area contributed by atoms with E-state index in [4.69, 9.17) is 5.11 Å². The molecule has 1 saturated heterocycles. The maximum absolute atomic E-state index is 12.6. The predicted molar refractivity (Wildman–Crippen MR) is 85.8 cm³/mol. The Morgan fingerprint density at radius 2 is 1.92 bits per heavy atom. The summed E-state index contributed by atoms with van der Waals surface area (Å²) in [5.41, 5.74) is 0.519. The number of alkyl halides is 2. The van der Waals surface area contributed by atoms with Gasteiger partial charge < -0.3 is 20.1 Å². The van der Waals surface area contributed by atoms with Gasteiger partial charge in [0.25, 0.3) is 0 Å². The molecule has 0 aromatic heterocycles. The van der Waals surface area contributed by atoms with Crippen molar-refractivity contribution in [3.63, 3.8) is 0 Å². The van der Waals surface area contributed by atoms with Gasteiger partial charge >= 0.3 is 12.6 Å². The molecule has 3 unspecified atom stereocenters. The maximum atomic E-state index is 12.6. The smallest absolute Gasteiger partial charge is 0.387 e. The topological polar surface area (TPSA) is 95.9 Å². The molecule has 1 heterocycles. The number of halogens is 2. The summed E-state index contributed by atoms with van der Waals surface area (Å²) in [6.45, 7) is -2.48. The highest BCUT2D eigenvalue weighted by Gasteiger charge is 2.49. The standard InChI is InChI=1S/C17H18F2N2O5/c18-17(19)26-10-5-3-9(4-6-10)21-7-1-2-13(15(21)23)20-14(22)11-8-12(11)16(24)25/h3-6,11-13,17H,1-2,7-8H2,(H,20,22)(H,24,25). The van der Waals surface area contributed by atoms with Gasteiger partial charge in [0.1, 0.15) is 11.8 Å². The zero-order valence-electron chi connectivity index (χ0n) is 13.7. The number of carbonyl (C=O) groups excluding carboxylic acids is 2. The van der Waals surface area contributed by atoms with E-state index in [0.717, 1.165) is 0 Å². The Balaban J connectivity index is 1.62. The number of nitrogens with zero attached hydrogens (tertiary/aromatic N) is 1. The summed E-state index contributed by atoms with van der Waals surface area (Å²) in [5, 5.41) is 11.5. The Morgan fingerprint density at radius 1 is 1.23 bits per heavy atom. The van der Waals surface area contributed by atoms with Crippen molar-refractivity contribution in [2.45, 2.75) is 31.9 Å². The van der Waals surface area contributed by atoms with Crippen LogP contribution in [0.15, 0.2) is 24.3 Å². The minimum atomic E-state index is -2.92. The summed E-state index contributed by atoms with van der Waals surface area (Å²) >= 11 is 0. The van der Waals surface area contributed by atoms with Crippen LogP contribution in [0.1, 0.15) is 19.3 Å². The fourth-order valence-electron chi connectivity index (χ4n) is 3.11. The van der Waals surface area contributed by atoms with Gasteiger partial charge in [-0.3, -0.25) is 14.4 Å². The van der Waals surface area contributed by atoms with Gasteiger partial charge in [-0.15, -0.1) is 0 Å². The summed E-state index contributed by atoms with van der Waals surface area (Å²) in [4.78, 5) is 37.0. The van der Waals surface area contributed by atoms with Crippen molar-refractivity contribution < 1.29 is 33.0 Å². The van der Waals surface area contributed by atoms with Gasteiger partial charge in [0.2, 0.25) is 11.8 Å². The van der Waals surface area contributed by atoms with E-state index in [1.165, 1.54) is 29.2 Å². The molecule has 2 amide bonds. The average Bonchev–Trinajstić information content (AvgIpc) is 3.38. The second-order valence-corrected chi connectivity index (χ2v) is 6.35. The molecular weight excluding hydrogens is 350 g/mol. The second-order valence-electron chi connectivity index (χ2n) is 6.35. The molecule has 26 heavy (non-hydrogen) atoms. The fourth-order valence-corrected chi connectivity index (χ4v) is 3.11. The molecule has 0 radical (unpaired) electrons. The van der Waals surface area contributed by atoms with E-state index >= 15 is 0 Å². The second kappa shape index (κ2) is 7.27. The molecular formula is C17H18F2N2O5. The van der Waals surface area contributed by atoms with Crippen molar-refractivity contribution in [1.29, 1.82) is 0 Å². The highest BCUT2D eigenvalue weighted by atomic mass is 19.3. The zero-order chi connectivity index (χ0) is 18.8. The number of ether oxygens (including phenoxy) is 1. The summed E-state index contributed by atoms with van der Waals surface area (Å²) in [6, 6.07) is 4.97. The number of anilines is 1. The summed E-state index contributed by atoms with van der Waals surface area (Å²) in [5.74, 6) is -2.99. The van der Waals surface area contributed by atoms with Gasteiger partial charge in [-0.1, -0.05) is 0 Å². The highest BCUT2D eigenvalue weighted by Crippen LogP contribution is 2.39. The first kappa shape index (κ1) is 18.1. The van der Waals surface area contributed by atoms with Crippen LogP contribution in [0.4, 0.5) is 14.5 Å². The molecule has 0 spiro atoms. The lowest BCUT2D eigenvalue weighted by atomic mass is 10.0. The first-order valence-electron chi connectivity index (χ1n) is 8.26. The molecule has 2 aliphatic rings. The third-order valence-electron chi connectivity index (χ3n) is 4.57. The summed E-state index contributed by atoms with van der Waals surface area (Å²) in [6.07, 6.45) is 1.41. The molecule has 7 nitrogen and oxygen atoms in total. The van der Waals surface area contributed by atoms with E-state index in [9.17, 15) is 23.2 Å². The third kappa shape index (κ3) is 3.92. The Kier molecular flexibility index (Phi) is 5.06. The molecule has 1 aliphatic heterocycles. The largest absolute Gasteiger partial charge is 0.481 e. The van der Waals surface area contributed by atoms with Crippen molar-refractivity contribution in [3.05, 3.63) is 24.3 Å². The summed E-state index contributed by atoms with van der Waals surface area (Å²) in [7, 11) is 0. The Bertz CT molecular complexity index is 710. The van der Waals surface area contributed by atoms with Crippen LogP contribution in [0.25, 0.3) is 0 Å². The van der Waals surface area contributed by atoms with Crippen LogP contribution in [-0.4, -0.2) is 42.1 Å². The van der Waals surface area contributed by atoms with Crippen LogP contribution in [-0.2, 0) is 14.4 Å². The number of nitrogens with one attached hydrogen (secondary N) is 1. The van der Waals surface area contributed by atoms with Crippen LogP contribution >= 0.6 is 0 Å². The van der Waals surface area contributed by atoms with Crippen LogP contribution in [0.3, 0.4) is 0 Å². The van der Waals surface area contributed by atoms with Gasteiger partial charge in [-0.25, -0.2) is 0 Å².